The van der Waals surface area contributed by atoms with Crippen molar-refractivity contribution in [2.45, 2.75) is 97.7 Å². The first kappa shape index (κ1) is 37.3. The maximum absolute atomic E-state index is 13.5. The van der Waals surface area contributed by atoms with Gasteiger partial charge < -0.3 is 45.6 Å². The molecule has 0 unspecified atom stereocenters. The zero-order chi connectivity index (χ0) is 35.0. The number of anilines is 3. The van der Waals surface area contributed by atoms with E-state index in [4.69, 9.17) is 9.84 Å². The van der Waals surface area contributed by atoms with E-state index in [1.807, 2.05) is 6.92 Å². The Balaban J connectivity index is 0.000000386. The average molecular weight is 653 g/mol. The molecule has 0 bridgehead atoms. The number of aliphatic hydroxyl groups is 3. The first-order valence-electron chi connectivity index (χ1n) is 15.7. The average Bonchev–Trinajstić information content (AvgIpc) is 3.11. The van der Waals surface area contributed by atoms with Gasteiger partial charge in [-0.3, -0.25) is 4.79 Å². The predicted octanol–water partition coefficient (Wildman–Crippen LogP) is 5.47. The second kappa shape index (κ2) is 16.6. The molecule has 7 N–H and O–H groups in total. The molecule has 1 amide bonds. The Kier molecular flexibility index (Phi) is 13.2. The van der Waals surface area contributed by atoms with Gasteiger partial charge in [-0.15, -0.1) is 0 Å². The number of benzene rings is 2. The van der Waals surface area contributed by atoms with Crippen LogP contribution in [0.15, 0.2) is 65.3 Å². The van der Waals surface area contributed by atoms with Gasteiger partial charge in [0.2, 0.25) is 0 Å². The lowest BCUT2D eigenvalue weighted by atomic mass is 9.96. The van der Waals surface area contributed by atoms with E-state index in [-0.39, 0.29) is 17.4 Å². The van der Waals surface area contributed by atoms with Gasteiger partial charge >= 0.3 is 5.97 Å². The molecule has 11 heteroatoms. The number of rotatable bonds is 9. The number of amides is 1. The number of phenolic OH excluding ortho intramolecular Hbond substituents is 2. The Labute approximate surface area is 276 Å². The highest BCUT2D eigenvalue weighted by atomic mass is 16.6. The van der Waals surface area contributed by atoms with Crippen molar-refractivity contribution in [3.63, 3.8) is 0 Å². The van der Waals surface area contributed by atoms with E-state index >= 15 is 0 Å². The molecule has 2 heterocycles. The third kappa shape index (κ3) is 9.68. The first-order chi connectivity index (χ1) is 22.1. The zero-order valence-corrected chi connectivity index (χ0v) is 27.9. The number of nitrogens with one attached hydrogen (secondary N) is 1. The monoisotopic (exact) mass is 652 g/mol. The number of hydrogen-bond donors (Lipinski definition) is 7. The Bertz CT molecular complexity index is 1530. The van der Waals surface area contributed by atoms with E-state index in [1.54, 1.807) is 35.2 Å². The van der Waals surface area contributed by atoms with Gasteiger partial charge in [0.15, 0.2) is 6.10 Å². The van der Waals surface area contributed by atoms with Crippen molar-refractivity contribution < 1.29 is 45.0 Å². The summed E-state index contributed by atoms with van der Waals surface area (Å²) in [6, 6.07) is 8.17. The van der Waals surface area contributed by atoms with Crippen LogP contribution >= 0.6 is 0 Å². The fraction of sp³-hybridized carbons (Fsp3) is 0.444. The third-order valence-electron chi connectivity index (χ3n) is 8.20. The number of fused-ring (bicyclic) bond motifs is 2. The van der Waals surface area contributed by atoms with Crippen LogP contribution in [0.3, 0.4) is 0 Å². The van der Waals surface area contributed by atoms with Gasteiger partial charge in [0.1, 0.15) is 29.8 Å². The highest BCUT2D eigenvalue weighted by molar-refractivity contribution is 6.15. The molecule has 0 saturated carbocycles. The number of para-hydroxylation sites is 1. The van der Waals surface area contributed by atoms with Crippen molar-refractivity contribution >= 4 is 28.9 Å². The van der Waals surface area contributed by atoms with Gasteiger partial charge in [-0.1, -0.05) is 41.0 Å². The summed E-state index contributed by atoms with van der Waals surface area (Å²) < 4.78 is 4.78. The lowest BCUT2D eigenvalue weighted by Crippen LogP contribution is -2.58. The first-order valence-corrected chi connectivity index (χ1v) is 15.7. The van der Waals surface area contributed by atoms with Gasteiger partial charge in [-0.05, 0) is 91.0 Å². The number of aliphatic carboxylic acids is 1. The topological polar surface area (TPSA) is 180 Å². The number of carboxylic acid groups (broad SMARTS) is 1. The molecule has 2 aromatic rings. The molecule has 5 atom stereocenters. The van der Waals surface area contributed by atoms with Crippen molar-refractivity contribution in [1.82, 2.24) is 0 Å². The van der Waals surface area contributed by atoms with Gasteiger partial charge in [0, 0.05) is 12.6 Å². The minimum absolute atomic E-state index is 0.0181. The van der Waals surface area contributed by atoms with E-state index in [0.29, 0.717) is 29.2 Å². The maximum Gasteiger partial charge on any atom is 0.335 e. The fourth-order valence-corrected chi connectivity index (χ4v) is 5.38. The molecular formula is C36H48N2O9. The molecule has 47 heavy (non-hydrogen) atoms. The van der Waals surface area contributed by atoms with Crippen LogP contribution < -0.4 is 10.2 Å². The van der Waals surface area contributed by atoms with E-state index in [9.17, 15) is 35.1 Å². The standard InChI is InChI=1S/C29H36N2O3.C7H12O6/c1-19(2)9-6-10-20(3)11-7-12-21(4)15-16-31-25-18-23(32)17-22(5)27(25)30-28-24(29(31)34)13-8-14-26(28)33;1-2-3(8)4(9)5(10)6(13-2)7(11)12/h8-9,11,13-15,17-18,30,32-33H,6-7,10,12,16H2,1-5H3;2-6,8-10H,1H3,(H,11,12)/b20-11+,21-15+;/t;2-,3+,4-,5+,6+/m.1/s1. The number of hydrogen-bond acceptors (Lipinski definition) is 9. The van der Waals surface area contributed by atoms with E-state index < -0.39 is 36.5 Å². The van der Waals surface area contributed by atoms with Crippen LogP contribution in [-0.2, 0) is 9.53 Å². The summed E-state index contributed by atoms with van der Waals surface area (Å²) in [5, 5.41) is 60.0. The number of carboxylic acids is 1. The van der Waals surface area contributed by atoms with Gasteiger partial charge in [0.25, 0.3) is 5.91 Å². The fourth-order valence-electron chi connectivity index (χ4n) is 5.38. The van der Waals surface area contributed by atoms with E-state index in [1.165, 1.54) is 23.6 Å². The van der Waals surface area contributed by atoms with E-state index in [0.717, 1.165) is 31.2 Å². The van der Waals surface area contributed by atoms with Crippen LogP contribution in [0.5, 0.6) is 11.5 Å². The molecule has 256 valence electrons. The Hall–Kier alpha value is -4.16. The van der Waals surface area contributed by atoms with Crippen LogP contribution in [0.1, 0.15) is 76.2 Å². The molecule has 1 saturated heterocycles. The maximum atomic E-state index is 13.5. The lowest BCUT2D eigenvalue weighted by Gasteiger charge is -2.37. The zero-order valence-electron chi connectivity index (χ0n) is 27.9. The summed E-state index contributed by atoms with van der Waals surface area (Å²) in [5.41, 5.74) is 6.83. The number of nitrogens with zero attached hydrogens (tertiary/aromatic N) is 1. The molecule has 11 nitrogen and oxygen atoms in total. The molecule has 0 aromatic heterocycles. The van der Waals surface area contributed by atoms with Crippen LogP contribution in [0.2, 0.25) is 0 Å². The minimum atomic E-state index is -1.59. The Morgan fingerprint density at radius 1 is 0.915 bits per heavy atom. The molecule has 2 aliphatic heterocycles. The SMILES string of the molecule is CC(C)=CCC/C(C)=C/CC/C(C)=C/CN1C(=O)c2cccc(O)c2Nc2c(C)cc(O)cc21.C[C@H]1O[C@H](C(=O)O)[C@@H](O)[C@H](O)[C@H]1O. The quantitative estimate of drug-likeness (QED) is 0.104. The number of ether oxygens (including phenoxy) is 1. The minimum Gasteiger partial charge on any atom is -0.508 e. The molecule has 0 radical (unpaired) electrons. The molecule has 2 aliphatic rings. The molecule has 2 aromatic carbocycles. The highest BCUT2D eigenvalue weighted by Crippen LogP contribution is 2.43. The normalized spacial score (nSPS) is 22.6. The van der Waals surface area contributed by atoms with Crippen molar-refractivity contribution in [2.24, 2.45) is 0 Å². The number of allylic oxidation sites excluding steroid dienone is 5. The number of carbonyl (C=O) groups is 2. The van der Waals surface area contributed by atoms with Gasteiger partial charge in [-0.25, -0.2) is 4.79 Å². The largest absolute Gasteiger partial charge is 0.508 e. The smallest absolute Gasteiger partial charge is 0.335 e. The summed E-state index contributed by atoms with van der Waals surface area (Å²) >= 11 is 0. The summed E-state index contributed by atoms with van der Waals surface area (Å²) in [6.45, 7) is 12.2. The predicted molar refractivity (Wildman–Crippen MR) is 181 cm³/mol. The molecular weight excluding hydrogens is 604 g/mol. The number of aromatic hydroxyl groups is 2. The second-order valence-corrected chi connectivity index (χ2v) is 12.4. The summed E-state index contributed by atoms with van der Waals surface area (Å²) in [6.07, 6.45) is 4.06. The number of aliphatic hydroxyl groups excluding tert-OH is 3. The molecule has 1 fully saturated rings. The second-order valence-electron chi connectivity index (χ2n) is 12.4. The van der Waals surface area contributed by atoms with Crippen LogP contribution in [0.4, 0.5) is 17.1 Å². The number of phenols is 2. The molecule has 4 rings (SSSR count). The Morgan fingerprint density at radius 2 is 1.55 bits per heavy atom. The number of carbonyl (C=O) groups excluding carboxylic acids is 1. The van der Waals surface area contributed by atoms with Gasteiger partial charge in [-0.2, -0.15) is 0 Å². The third-order valence-corrected chi connectivity index (χ3v) is 8.20. The van der Waals surface area contributed by atoms with Gasteiger partial charge in [0.05, 0.1) is 28.7 Å². The molecule has 0 aliphatic carbocycles. The van der Waals surface area contributed by atoms with E-state index in [2.05, 4.69) is 51.2 Å². The summed E-state index contributed by atoms with van der Waals surface area (Å²) in [7, 11) is 0. The van der Waals surface area contributed by atoms with Crippen LogP contribution in [-0.4, -0.2) is 79.6 Å². The Morgan fingerprint density at radius 3 is 2.19 bits per heavy atom. The van der Waals surface area contributed by atoms with Crippen LogP contribution in [0, 0.1) is 6.92 Å². The summed E-state index contributed by atoms with van der Waals surface area (Å²) in [4.78, 5) is 25.6. The summed E-state index contributed by atoms with van der Waals surface area (Å²) in [5.74, 6) is -1.46. The van der Waals surface area contributed by atoms with Crippen molar-refractivity contribution in [3.8, 4) is 11.5 Å². The lowest BCUT2D eigenvalue weighted by molar-refractivity contribution is -0.223. The number of aryl methyl sites for hydroxylation is 1. The van der Waals surface area contributed by atoms with Crippen molar-refractivity contribution in [1.29, 1.82) is 0 Å². The van der Waals surface area contributed by atoms with Crippen molar-refractivity contribution in [2.75, 3.05) is 16.8 Å². The van der Waals surface area contributed by atoms with Crippen molar-refractivity contribution in [3.05, 3.63) is 76.4 Å². The molecule has 0 spiro atoms. The van der Waals surface area contributed by atoms with Crippen LogP contribution in [0.25, 0.3) is 0 Å². The highest BCUT2D eigenvalue weighted by Gasteiger charge is 2.45.